The third-order valence-electron chi connectivity index (χ3n) is 2.42. The molecule has 0 aliphatic carbocycles. The molecule has 1 aliphatic heterocycles. The summed E-state index contributed by atoms with van der Waals surface area (Å²) < 4.78 is 0. The average Bonchev–Trinajstić information content (AvgIpc) is 2.15. The molecule has 0 bridgehead atoms. The van der Waals surface area contributed by atoms with Crippen LogP contribution in [0.25, 0.3) is 0 Å². The quantitative estimate of drug-likeness (QED) is 0.599. The zero-order valence-corrected chi connectivity index (χ0v) is 9.27. The van der Waals surface area contributed by atoms with Gasteiger partial charge in [-0.15, -0.1) is 0 Å². The third kappa shape index (κ3) is 3.33. The van der Waals surface area contributed by atoms with Gasteiger partial charge in [-0.3, -0.25) is 4.99 Å². The Hall–Kier alpha value is -1.11. The van der Waals surface area contributed by atoms with Gasteiger partial charge in [-0.1, -0.05) is 50.6 Å². The van der Waals surface area contributed by atoms with Gasteiger partial charge in [0.2, 0.25) is 0 Å². The Kier molecular flexibility index (Phi) is 4.37. The van der Waals surface area contributed by atoms with Crippen molar-refractivity contribution in [1.29, 1.82) is 0 Å². The number of nitrogens with zero attached hydrogens (tertiary/aromatic N) is 1. The molecule has 0 spiro atoms. The molecular formula is C13H19N. The Morgan fingerprint density at radius 1 is 1.36 bits per heavy atom. The molecule has 1 nitrogen and oxygen atoms in total. The Morgan fingerprint density at radius 3 is 2.86 bits per heavy atom. The first kappa shape index (κ1) is 11.0. The second kappa shape index (κ2) is 5.58. The predicted octanol–water partition coefficient (Wildman–Crippen LogP) is 3.40. The fourth-order valence-corrected chi connectivity index (χ4v) is 1.62. The Bertz CT molecular complexity index is 280. The van der Waals surface area contributed by atoms with Crippen LogP contribution < -0.4 is 0 Å². The molecule has 0 amide bonds. The Morgan fingerprint density at radius 2 is 2.14 bits per heavy atom. The summed E-state index contributed by atoms with van der Waals surface area (Å²) in [6.45, 7) is 7.49. The number of aliphatic imine (C=N–C) groups is 1. The minimum atomic E-state index is 0.504. The van der Waals surface area contributed by atoms with Gasteiger partial charge < -0.3 is 0 Å². The molecule has 1 heterocycles. The minimum Gasteiger partial charge on any atom is -0.289 e. The highest BCUT2D eigenvalue weighted by atomic mass is 14.7. The van der Waals surface area contributed by atoms with E-state index in [2.05, 4.69) is 50.1 Å². The van der Waals surface area contributed by atoms with Crippen LogP contribution in [0.2, 0.25) is 0 Å². The van der Waals surface area contributed by atoms with Crippen molar-refractivity contribution in [1.82, 2.24) is 0 Å². The highest BCUT2D eigenvalue weighted by Gasteiger charge is 2.08. The van der Waals surface area contributed by atoms with Gasteiger partial charge in [0.25, 0.3) is 0 Å². The van der Waals surface area contributed by atoms with Gasteiger partial charge in [-0.2, -0.15) is 0 Å². The van der Waals surface area contributed by atoms with Crippen molar-refractivity contribution in [3.8, 4) is 0 Å². The van der Waals surface area contributed by atoms with E-state index in [1.54, 1.807) is 0 Å². The molecule has 1 rings (SSSR count). The second-order valence-electron chi connectivity index (χ2n) is 3.94. The van der Waals surface area contributed by atoms with E-state index >= 15 is 0 Å². The molecule has 76 valence electrons. The van der Waals surface area contributed by atoms with Crippen molar-refractivity contribution in [3.05, 3.63) is 36.0 Å². The molecule has 0 N–H and O–H groups in total. The van der Waals surface area contributed by atoms with Gasteiger partial charge in [0.15, 0.2) is 0 Å². The van der Waals surface area contributed by atoms with E-state index in [9.17, 15) is 0 Å². The van der Waals surface area contributed by atoms with Crippen LogP contribution in [-0.2, 0) is 0 Å². The molecule has 1 atom stereocenters. The maximum Gasteiger partial charge on any atom is 0.0573 e. The van der Waals surface area contributed by atoms with E-state index < -0.39 is 0 Å². The first-order chi connectivity index (χ1) is 6.72. The van der Waals surface area contributed by atoms with Gasteiger partial charge >= 0.3 is 0 Å². The van der Waals surface area contributed by atoms with Crippen molar-refractivity contribution in [2.45, 2.75) is 20.8 Å². The molecule has 0 radical (unpaired) electrons. The van der Waals surface area contributed by atoms with E-state index in [1.165, 1.54) is 5.57 Å². The zero-order chi connectivity index (χ0) is 10.4. The van der Waals surface area contributed by atoms with Gasteiger partial charge in [0.1, 0.15) is 0 Å². The Labute approximate surface area is 86.9 Å². The molecule has 0 saturated heterocycles. The first-order valence-corrected chi connectivity index (χ1v) is 5.25. The lowest BCUT2D eigenvalue weighted by atomic mass is 9.90. The predicted molar refractivity (Wildman–Crippen MR) is 63.7 cm³/mol. The average molecular weight is 189 g/mol. The summed E-state index contributed by atoms with van der Waals surface area (Å²) in [6.07, 6.45) is 12.5. The Balaban J connectivity index is 2.87. The number of hydrogen-bond acceptors (Lipinski definition) is 1. The van der Waals surface area contributed by atoms with Crippen molar-refractivity contribution < 1.29 is 0 Å². The summed E-state index contributed by atoms with van der Waals surface area (Å²) in [5.74, 6) is 1.11. The van der Waals surface area contributed by atoms with Crippen LogP contribution in [0.5, 0.6) is 0 Å². The number of allylic oxidation sites excluding steroid dienone is 5. The molecule has 0 aromatic carbocycles. The molecule has 0 fully saturated rings. The topological polar surface area (TPSA) is 12.4 Å². The number of hydrogen-bond donors (Lipinski definition) is 0. The smallest absolute Gasteiger partial charge is 0.0573 e. The van der Waals surface area contributed by atoms with E-state index in [-0.39, 0.29) is 0 Å². The summed E-state index contributed by atoms with van der Waals surface area (Å²) in [7, 11) is 0. The highest BCUT2D eigenvalue weighted by molar-refractivity contribution is 5.71. The van der Waals surface area contributed by atoms with Crippen LogP contribution >= 0.6 is 0 Å². The molecular weight excluding hydrogens is 170 g/mol. The van der Waals surface area contributed by atoms with E-state index in [0.717, 1.165) is 6.54 Å². The summed E-state index contributed by atoms with van der Waals surface area (Å²) in [5.41, 5.74) is 1.48. The van der Waals surface area contributed by atoms with Gasteiger partial charge in [0, 0.05) is 6.21 Å². The number of rotatable bonds is 1. The molecule has 1 heteroatoms. The van der Waals surface area contributed by atoms with E-state index in [0.29, 0.717) is 11.8 Å². The normalized spacial score (nSPS) is 30.9. The fourth-order valence-electron chi connectivity index (χ4n) is 1.62. The molecule has 0 aromatic rings. The van der Waals surface area contributed by atoms with E-state index in [4.69, 9.17) is 0 Å². The third-order valence-corrected chi connectivity index (χ3v) is 2.42. The lowest BCUT2D eigenvalue weighted by molar-refractivity contribution is 0.665. The summed E-state index contributed by atoms with van der Waals surface area (Å²) >= 11 is 0. The van der Waals surface area contributed by atoms with Crippen LogP contribution in [0.3, 0.4) is 0 Å². The maximum atomic E-state index is 4.21. The lowest BCUT2D eigenvalue weighted by Gasteiger charge is -2.15. The van der Waals surface area contributed by atoms with Crippen LogP contribution in [0.1, 0.15) is 20.8 Å². The molecule has 0 aromatic heterocycles. The summed E-state index contributed by atoms with van der Waals surface area (Å²) in [4.78, 5) is 4.21. The molecule has 1 unspecified atom stereocenters. The second-order valence-corrected chi connectivity index (χ2v) is 3.94. The first-order valence-electron chi connectivity index (χ1n) is 5.25. The summed E-state index contributed by atoms with van der Waals surface area (Å²) in [6, 6.07) is 0. The van der Waals surface area contributed by atoms with Crippen LogP contribution in [0.15, 0.2) is 40.9 Å². The molecule has 0 saturated carbocycles. The van der Waals surface area contributed by atoms with Crippen molar-refractivity contribution in [3.63, 3.8) is 0 Å². The maximum absolute atomic E-state index is 4.21. The summed E-state index contributed by atoms with van der Waals surface area (Å²) in [5, 5.41) is 0. The van der Waals surface area contributed by atoms with Gasteiger partial charge in [-0.25, -0.2) is 0 Å². The van der Waals surface area contributed by atoms with Gasteiger partial charge in [0.05, 0.1) is 6.54 Å². The highest BCUT2D eigenvalue weighted by Crippen LogP contribution is 2.21. The minimum absolute atomic E-state index is 0.504. The van der Waals surface area contributed by atoms with Crippen molar-refractivity contribution >= 4 is 6.21 Å². The zero-order valence-electron chi connectivity index (χ0n) is 9.27. The molecule has 1 aliphatic rings. The fraction of sp³-hybridized carbons (Fsp3) is 0.462. The molecule has 14 heavy (non-hydrogen) atoms. The van der Waals surface area contributed by atoms with Gasteiger partial charge in [-0.05, 0) is 17.9 Å². The monoisotopic (exact) mass is 189 g/mol. The van der Waals surface area contributed by atoms with E-state index in [1.807, 2.05) is 12.3 Å². The van der Waals surface area contributed by atoms with Crippen LogP contribution in [0, 0.1) is 11.8 Å². The standard InChI is InChI=1S/C13H19N/c1-11(2)13-8-4-5-9-14-10-6-7-12(13)3/h4-8,10-12H,9H2,1-3H3/b5-4-,7-6-,13-8-,14-10?. The van der Waals surface area contributed by atoms with Crippen molar-refractivity contribution in [2.24, 2.45) is 16.8 Å². The van der Waals surface area contributed by atoms with Crippen LogP contribution in [-0.4, -0.2) is 12.8 Å². The van der Waals surface area contributed by atoms with Crippen molar-refractivity contribution in [2.75, 3.05) is 6.54 Å². The lowest BCUT2D eigenvalue weighted by Crippen LogP contribution is -2.03. The largest absolute Gasteiger partial charge is 0.289 e. The SMILES string of the molecule is CC(C)/C1=C/C=C\CN=C/C=C\C1C. The van der Waals surface area contributed by atoms with Crippen LogP contribution in [0.4, 0.5) is 0 Å².